The van der Waals surface area contributed by atoms with E-state index in [0.29, 0.717) is 39.2 Å². The number of aromatic nitrogens is 3. The van der Waals surface area contributed by atoms with E-state index in [2.05, 4.69) is 20.1 Å². The molecule has 0 bridgehead atoms. The Morgan fingerprint density at radius 1 is 1.19 bits per heavy atom. The highest BCUT2D eigenvalue weighted by Crippen LogP contribution is 2.39. The van der Waals surface area contributed by atoms with Crippen LogP contribution in [-0.2, 0) is 11.4 Å². The van der Waals surface area contributed by atoms with Crippen LogP contribution >= 0.6 is 23.4 Å². The lowest BCUT2D eigenvalue weighted by Gasteiger charge is -2.11. The van der Waals surface area contributed by atoms with Crippen molar-refractivity contribution in [3.05, 3.63) is 53.3 Å². The highest BCUT2D eigenvalue weighted by molar-refractivity contribution is 7.99. The molecule has 2 aliphatic rings. The minimum absolute atomic E-state index is 0.136. The zero-order valence-corrected chi connectivity index (χ0v) is 18.0. The summed E-state index contributed by atoms with van der Waals surface area (Å²) in [5, 5.41) is 12.7. The van der Waals surface area contributed by atoms with Crippen LogP contribution in [0.5, 0.6) is 17.2 Å². The third kappa shape index (κ3) is 4.57. The molecule has 2 aromatic carbocycles. The zero-order valence-electron chi connectivity index (χ0n) is 16.4. The maximum Gasteiger partial charge on any atom is 0.234 e. The van der Waals surface area contributed by atoms with Gasteiger partial charge in [0.15, 0.2) is 22.5 Å². The first-order valence-corrected chi connectivity index (χ1v) is 11.2. The largest absolute Gasteiger partial charge is 0.484 e. The van der Waals surface area contributed by atoms with Crippen molar-refractivity contribution >= 4 is 35.0 Å². The van der Waals surface area contributed by atoms with E-state index in [9.17, 15) is 4.79 Å². The van der Waals surface area contributed by atoms with Gasteiger partial charge in [-0.1, -0.05) is 35.5 Å². The number of hydrogen-bond acceptors (Lipinski definition) is 7. The monoisotopic (exact) mass is 458 g/mol. The number of anilines is 1. The number of hydrogen-bond donors (Lipinski definition) is 1. The summed E-state index contributed by atoms with van der Waals surface area (Å²) in [6, 6.07) is 13.0. The van der Waals surface area contributed by atoms with Gasteiger partial charge in [-0.25, -0.2) is 0 Å². The lowest BCUT2D eigenvalue weighted by atomic mass is 10.3. The number of carbonyl (C=O) groups is 1. The first kappa shape index (κ1) is 20.0. The molecule has 1 N–H and O–H groups in total. The van der Waals surface area contributed by atoms with Gasteiger partial charge in [0.1, 0.15) is 12.4 Å². The molecular weight excluding hydrogens is 440 g/mol. The van der Waals surface area contributed by atoms with Crippen molar-refractivity contribution in [1.82, 2.24) is 14.8 Å². The summed E-state index contributed by atoms with van der Waals surface area (Å²) in [6.45, 7) is 0.457. The number of fused-ring (bicyclic) bond motifs is 1. The van der Waals surface area contributed by atoms with Gasteiger partial charge in [-0.15, -0.1) is 10.2 Å². The van der Waals surface area contributed by atoms with Crippen molar-refractivity contribution in [3.8, 4) is 17.2 Å². The summed E-state index contributed by atoms with van der Waals surface area (Å²) in [4.78, 5) is 12.4. The minimum Gasteiger partial charge on any atom is -0.484 e. The van der Waals surface area contributed by atoms with Crippen molar-refractivity contribution in [2.24, 2.45) is 0 Å². The van der Waals surface area contributed by atoms with Gasteiger partial charge in [0.25, 0.3) is 0 Å². The molecule has 1 aliphatic heterocycles. The van der Waals surface area contributed by atoms with Crippen LogP contribution < -0.4 is 19.5 Å². The summed E-state index contributed by atoms with van der Waals surface area (Å²) in [5.74, 6) is 2.71. The van der Waals surface area contributed by atoms with Crippen molar-refractivity contribution < 1.29 is 19.0 Å². The van der Waals surface area contributed by atoms with Crippen molar-refractivity contribution in [1.29, 1.82) is 0 Å². The maximum absolute atomic E-state index is 12.4. The smallest absolute Gasteiger partial charge is 0.234 e. The van der Waals surface area contributed by atoms with Crippen LogP contribution in [0, 0.1) is 0 Å². The van der Waals surface area contributed by atoms with Gasteiger partial charge in [-0.05, 0) is 37.1 Å². The van der Waals surface area contributed by atoms with E-state index in [1.54, 1.807) is 24.3 Å². The first-order valence-electron chi connectivity index (χ1n) is 9.81. The van der Waals surface area contributed by atoms with Crippen molar-refractivity contribution in [2.75, 3.05) is 17.9 Å². The molecule has 160 valence electrons. The number of ether oxygens (including phenoxy) is 3. The quantitative estimate of drug-likeness (QED) is 0.503. The topological polar surface area (TPSA) is 87.5 Å². The fourth-order valence-corrected chi connectivity index (χ4v) is 4.22. The Kier molecular flexibility index (Phi) is 5.61. The Hall–Kier alpha value is -2.91. The second-order valence-corrected chi connectivity index (χ2v) is 8.47. The standard InChI is InChI=1S/C21H19ClN4O4S/c22-15-3-1-2-4-16(15)28-10-19-24-25-21(26(19)14-6-7-14)31-11-20(27)23-13-5-8-17-18(9-13)30-12-29-17/h1-5,8-9,14H,6-7,10-12H2,(H,23,27). The summed E-state index contributed by atoms with van der Waals surface area (Å²) < 4.78 is 18.5. The third-order valence-corrected chi connectivity index (χ3v) is 6.08. The lowest BCUT2D eigenvalue weighted by molar-refractivity contribution is -0.113. The number of nitrogens with one attached hydrogen (secondary N) is 1. The average Bonchev–Trinajstić information content (AvgIpc) is 3.35. The van der Waals surface area contributed by atoms with E-state index in [4.69, 9.17) is 25.8 Å². The summed E-state index contributed by atoms with van der Waals surface area (Å²) in [7, 11) is 0. The molecule has 0 spiro atoms. The molecule has 8 nitrogen and oxygen atoms in total. The van der Waals surface area contributed by atoms with Crippen molar-refractivity contribution in [3.63, 3.8) is 0 Å². The first-order chi connectivity index (χ1) is 15.2. The van der Waals surface area contributed by atoms with Gasteiger partial charge in [0.05, 0.1) is 10.8 Å². The molecular formula is C21H19ClN4O4S. The average molecular weight is 459 g/mol. The number of nitrogens with zero attached hydrogens (tertiary/aromatic N) is 3. The normalized spacial score (nSPS) is 14.5. The minimum atomic E-state index is -0.136. The van der Waals surface area contributed by atoms with Crippen LogP contribution in [0.15, 0.2) is 47.6 Å². The zero-order chi connectivity index (χ0) is 21.2. The highest BCUT2D eigenvalue weighted by Gasteiger charge is 2.30. The van der Waals surface area contributed by atoms with Crippen LogP contribution in [-0.4, -0.2) is 33.2 Å². The van der Waals surface area contributed by atoms with E-state index in [1.165, 1.54) is 11.8 Å². The Bertz CT molecular complexity index is 1120. The molecule has 31 heavy (non-hydrogen) atoms. The van der Waals surface area contributed by atoms with E-state index >= 15 is 0 Å². The van der Waals surface area contributed by atoms with Gasteiger partial charge in [-0.2, -0.15) is 0 Å². The predicted octanol–water partition coefficient (Wildman–Crippen LogP) is 4.30. The molecule has 1 aliphatic carbocycles. The van der Waals surface area contributed by atoms with Gasteiger partial charge >= 0.3 is 0 Å². The summed E-state index contributed by atoms with van der Waals surface area (Å²) in [5.41, 5.74) is 0.660. The molecule has 0 saturated heterocycles. The SMILES string of the molecule is O=C(CSc1nnc(COc2ccccc2Cl)n1C1CC1)Nc1ccc2c(c1)OCO2. The van der Waals surface area contributed by atoms with Gasteiger partial charge in [0, 0.05) is 17.8 Å². The molecule has 0 atom stereocenters. The number of benzene rings is 2. The molecule has 0 radical (unpaired) electrons. The lowest BCUT2D eigenvalue weighted by Crippen LogP contribution is -2.15. The van der Waals surface area contributed by atoms with E-state index in [-0.39, 0.29) is 25.1 Å². The van der Waals surface area contributed by atoms with Crippen LogP contribution in [0.3, 0.4) is 0 Å². The molecule has 1 amide bonds. The number of amides is 1. The van der Waals surface area contributed by atoms with Gasteiger partial charge in [0.2, 0.25) is 12.7 Å². The molecule has 1 aromatic heterocycles. The fourth-order valence-electron chi connectivity index (χ4n) is 3.21. The second kappa shape index (κ2) is 8.68. The highest BCUT2D eigenvalue weighted by atomic mass is 35.5. The van der Waals surface area contributed by atoms with Gasteiger partial charge < -0.3 is 19.5 Å². The Morgan fingerprint density at radius 2 is 2.03 bits per heavy atom. The maximum atomic E-state index is 12.4. The molecule has 0 unspecified atom stereocenters. The predicted molar refractivity (Wildman–Crippen MR) is 116 cm³/mol. The number of carbonyl (C=O) groups excluding carboxylic acids is 1. The Morgan fingerprint density at radius 3 is 2.87 bits per heavy atom. The Balaban J connectivity index is 1.21. The van der Waals surface area contributed by atoms with E-state index in [0.717, 1.165) is 18.7 Å². The van der Waals surface area contributed by atoms with E-state index < -0.39 is 0 Å². The number of thioether (sulfide) groups is 1. The summed E-state index contributed by atoms with van der Waals surface area (Å²) >= 11 is 7.51. The third-order valence-electron chi connectivity index (χ3n) is 4.83. The molecule has 5 rings (SSSR count). The molecule has 3 aromatic rings. The fraction of sp³-hybridized carbons (Fsp3) is 0.286. The van der Waals surface area contributed by atoms with Crippen LogP contribution in [0.1, 0.15) is 24.7 Å². The van der Waals surface area contributed by atoms with Crippen LogP contribution in [0.2, 0.25) is 5.02 Å². The number of para-hydroxylation sites is 1. The number of rotatable bonds is 8. The molecule has 10 heteroatoms. The van der Waals surface area contributed by atoms with E-state index in [1.807, 2.05) is 18.2 Å². The summed E-state index contributed by atoms with van der Waals surface area (Å²) in [6.07, 6.45) is 2.13. The van der Waals surface area contributed by atoms with Crippen LogP contribution in [0.4, 0.5) is 5.69 Å². The molecule has 1 fully saturated rings. The van der Waals surface area contributed by atoms with Crippen molar-refractivity contribution in [2.45, 2.75) is 30.6 Å². The van der Waals surface area contributed by atoms with Gasteiger partial charge in [-0.3, -0.25) is 9.36 Å². The number of halogens is 1. The molecule has 1 saturated carbocycles. The Labute approximate surface area is 187 Å². The molecule has 2 heterocycles. The second-order valence-electron chi connectivity index (χ2n) is 7.12. The van der Waals surface area contributed by atoms with Crippen LogP contribution in [0.25, 0.3) is 0 Å².